The Hall–Kier alpha value is -2.53. The van der Waals surface area contributed by atoms with Crippen LogP contribution in [0.15, 0.2) is 49.3 Å². The van der Waals surface area contributed by atoms with E-state index >= 15 is 0 Å². The normalized spacial score (nSPS) is 12.2. The fraction of sp³-hybridized carbons (Fsp3) is 0.440. The van der Waals surface area contributed by atoms with Gasteiger partial charge in [0, 0.05) is 30.1 Å². The van der Waals surface area contributed by atoms with Gasteiger partial charge in [0.05, 0.1) is 6.10 Å². The summed E-state index contributed by atoms with van der Waals surface area (Å²) in [5, 5.41) is 0. The van der Waals surface area contributed by atoms with Crippen LogP contribution in [0, 0.1) is 5.82 Å². The highest BCUT2D eigenvalue weighted by molar-refractivity contribution is 5.57. The van der Waals surface area contributed by atoms with Crippen molar-refractivity contribution in [3.8, 4) is 17.1 Å². The SMILES string of the molecule is C=CCOc1ccc(-c2ncc(C=CCCCC(C)OCCCCC)cn2)cc1F. The van der Waals surface area contributed by atoms with E-state index in [4.69, 9.17) is 9.47 Å². The molecule has 1 heterocycles. The van der Waals surface area contributed by atoms with E-state index in [2.05, 4.69) is 36.5 Å². The first-order valence-corrected chi connectivity index (χ1v) is 10.8. The van der Waals surface area contributed by atoms with E-state index < -0.39 is 5.82 Å². The molecule has 5 heteroatoms. The molecule has 2 aromatic rings. The van der Waals surface area contributed by atoms with E-state index in [9.17, 15) is 4.39 Å². The van der Waals surface area contributed by atoms with Gasteiger partial charge in [0.25, 0.3) is 0 Å². The Balaban J connectivity index is 1.77. The second-order valence-electron chi connectivity index (χ2n) is 7.31. The molecule has 2 rings (SSSR count). The molecule has 1 aromatic heterocycles. The number of benzene rings is 1. The minimum atomic E-state index is -0.439. The highest BCUT2D eigenvalue weighted by Crippen LogP contribution is 2.23. The monoisotopic (exact) mass is 412 g/mol. The highest BCUT2D eigenvalue weighted by atomic mass is 19.1. The number of allylic oxidation sites excluding steroid dienone is 1. The van der Waals surface area contributed by atoms with Crippen LogP contribution in [0.4, 0.5) is 4.39 Å². The number of hydrogen-bond acceptors (Lipinski definition) is 4. The van der Waals surface area contributed by atoms with Crippen LogP contribution in [0.5, 0.6) is 5.75 Å². The predicted octanol–water partition coefficient (Wildman–Crippen LogP) is 6.63. The summed E-state index contributed by atoms with van der Waals surface area (Å²) >= 11 is 0. The quantitative estimate of drug-likeness (QED) is 0.258. The van der Waals surface area contributed by atoms with Crippen molar-refractivity contribution in [2.75, 3.05) is 13.2 Å². The number of hydrogen-bond donors (Lipinski definition) is 0. The Labute approximate surface area is 179 Å². The molecule has 0 saturated heterocycles. The third-order valence-corrected chi connectivity index (χ3v) is 4.66. The van der Waals surface area contributed by atoms with Gasteiger partial charge < -0.3 is 9.47 Å². The van der Waals surface area contributed by atoms with Crippen LogP contribution < -0.4 is 4.74 Å². The summed E-state index contributed by atoms with van der Waals surface area (Å²) < 4.78 is 25.2. The molecule has 4 nitrogen and oxygen atoms in total. The van der Waals surface area contributed by atoms with Gasteiger partial charge >= 0.3 is 0 Å². The zero-order chi connectivity index (χ0) is 21.6. The molecule has 0 fully saturated rings. The van der Waals surface area contributed by atoms with E-state index in [1.165, 1.54) is 18.9 Å². The number of ether oxygens (including phenoxy) is 2. The highest BCUT2D eigenvalue weighted by Gasteiger charge is 2.08. The smallest absolute Gasteiger partial charge is 0.165 e. The lowest BCUT2D eigenvalue weighted by molar-refractivity contribution is 0.0566. The first-order chi connectivity index (χ1) is 14.6. The molecule has 0 saturated carbocycles. The zero-order valence-electron chi connectivity index (χ0n) is 18.1. The maximum absolute atomic E-state index is 14.1. The second kappa shape index (κ2) is 13.6. The van der Waals surface area contributed by atoms with E-state index in [1.54, 1.807) is 30.6 Å². The molecular formula is C25H33FN2O2. The molecule has 1 atom stereocenters. The standard InChI is InChI=1S/C25H33FN2O2/c1-4-6-10-16-29-20(3)11-8-7-9-12-21-18-27-25(28-19-21)22-13-14-24(23(26)17-22)30-15-5-2/h5,9,12-14,17-20H,2,4,6-8,10-11,15-16H2,1,3H3. The summed E-state index contributed by atoms with van der Waals surface area (Å²) in [6.45, 7) is 9.03. The molecule has 0 aliphatic heterocycles. The van der Waals surface area contributed by atoms with Crippen molar-refractivity contribution in [3.63, 3.8) is 0 Å². The zero-order valence-corrected chi connectivity index (χ0v) is 18.1. The van der Waals surface area contributed by atoms with Gasteiger partial charge in [0.1, 0.15) is 6.61 Å². The molecular weight excluding hydrogens is 379 g/mol. The number of aromatic nitrogens is 2. The maximum atomic E-state index is 14.1. The van der Waals surface area contributed by atoms with Crippen molar-refractivity contribution in [2.24, 2.45) is 0 Å². The largest absolute Gasteiger partial charge is 0.486 e. The lowest BCUT2D eigenvalue weighted by Crippen LogP contribution is -2.08. The number of rotatable bonds is 14. The average molecular weight is 413 g/mol. The molecule has 0 spiro atoms. The Morgan fingerprint density at radius 1 is 1.17 bits per heavy atom. The van der Waals surface area contributed by atoms with Crippen LogP contribution in [0.3, 0.4) is 0 Å². The van der Waals surface area contributed by atoms with Crippen molar-refractivity contribution in [3.05, 3.63) is 60.7 Å². The second-order valence-corrected chi connectivity index (χ2v) is 7.31. The maximum Gasteiger partial charge on any atom is 0.165 e. The van der Waals surface area contributed by atoms with Gasteiger partial charge in [-0.05, 0) is 50.8 Å². The third-order valence-electron chi connectivity index (χ3n) is 4.66. The predicted molar refractivity (Wildman–Crippen MR) is 121 cm³/mol. The van der Waals surface area contributed by atoms with Crippen LogP contribution >= 0.6 is 0 Å². The summed E-state index contributed by atoms with van der Waals surface area (Å²) in [7, 11) is 0. The Bertz CT molecular complexity index is 790. The number of nitrogens with zero attached hydrogens (tertiary/aromatic N) is 2. The van der Waals surface area contributed by atoms with Crippen LogP contribution in [0.2, 0.25) is 0 Å². The molecule has 162 valence electrons. The molecule has 30 heavy (non-hydrogen) atoms. The van der Waals surface area contributed by atoms with E-state index in [0.29, 0.717) is 17.5 Å². The molecule has 0 bridgehead atoms. The molecule has 1 aromatic carbocycles. The molecule has 0 amide bonds. The third kappa shape index (κ3) is 8.46. The van der Waals surface area contributed by atoms with E-state index in [1.807, 2.05) is 6.08 Å². The van der Waals surface area contributed by atoms with Crippen LogP contribution in [0.25, 0.3) is 17.5 Å². The molecule has 1 unspecified atom stereocenters. The van der Waals surface area contributed by atoms with Gasteiger partial charge in [0.15, 0.2) is 17.4 Å². The van der Waals surface area contributed by atoms with Crippen molar-refractivity contribution in [1.82, 2.24) is 9.97 Å². The average Bonchev–Trinajstić information content (AvgIpc) is 2.76. The van der Waals surface area contributed by atoms with Crippen LogP contribution in [-0.4, -0.2) is 29.3 Å². The molecule has 0 N–H and O–H groups in total. The van der Waals surface area contributed by atoms with Gasteiger partial charge in [-0.3, -0.25) is 0 Å². The minimum Gasteiger partial charge on any atom is -0.486 e. The van der Waals surface area contributed by atoms with Crippen molar-refractivity contribution in [2.45, 2.75) is 58.5 Å². The first-order valence-electron chi connectivity index (χ1n) is 10.8. The summed E-state index contributed by atoms with van der Waals surface area (Å²) in [6, 6.07) is 4.71. The van der Waals surface area contributed by atoms with Gasteiger partial charge in [-0.25, -0.2) is 14.4 Å². The minimum absolute atomic E-state index is 0.193. The van der Waals surface area contributed by atoms with Crippen molar-refractivity contribution < 1.29 is 13.9 Å². The van der Waals surface area contributed by atoms with Crippen molar-refractivity contribution >= 4 is 6.08 Å². The number of halogens is 1. The molecule has 0 aliphatic rings. The van der Waals surface area contributed by atoms with Gasteiger partial charge in [-0.1, -0.05) is 44.6 Å². The van der Waals surface area contributed by atoms with E-state index in [0.717, 1.165) is 37.9 Å². The molecule has 0 radical (unpaired) electrons. The fourth-order valence-electron chi connectivity index (χ4n) is 2.94. The lowest BCUT2D eigenvalue weighted by atomic mass is 10.1. The van der Waals surface area contributed by atoms with Crippen molar-refractivity contribution in [1.29, 1.82) is 0 Å². The fourth-order valence-corrected chi connectivity index (χ4v) is 2.94. The summed E-state index contributed by atoms with van der Waals surface area (Å²) in [5.41, 5.74) is 1.54. The topological polar surface area (TPSA) is 44.2 Å². The Morgan fingerprint density at radius 2 is 1.97 bits per heavy atom. The van der Waals surface area contributed by atoms with Gasteiger partial charge in [0.2, 0.25) is 0 Å². The van der Waals surface area contributed by atoms with Crippen LogP contribution in [0.1, 0.15) is 57.9 Å². The van der Waals surface area contributed by atoms with Crippen LogP contribution in [-0.2, 0) is 4.74 Å². The summed E-state index contributed by atoms with van der Waals surface area (Å²) in [4.78, 5) is 8.70. The Kier molecular flexibility index (Phi) is 10.8. The summed E-state index contributed by atoms with van der Waals surface area (Å²) in [5.74, 6) is 0.236. The Morgan fingerprint density at radius 3 is 2.67 bits per heavy atom. The van der Waals surface area contributed by atoms with Gasteiger partial charge in [-0.2, -0.15) is 0 Å². The van der Waals surface area contributed by atoms with Gasteiger partial charge in [-0.15, -0.1) is 0 Å². The summed E-state index contributed by atoms with van der Waals surface area (Å²) in [6.07, 6.45) is 16.3. The first kappa shape index (κ1) is 23.7. The number of unbranched alkanes of at least 4 members (excludes halogenated alkanes) is 3. The molecule has 0 aliphatic carbocycles. The lowest BCUT2D eigenvalue weighted by Gasteiger charge is -2.11. The van der Waals surface area contributed by atoms with E-state index in [-0.39, 0.29) is 12.4 Å².